The molecule has 0 unspecified atom stereocenters. The minimum atomic E-state index is 0.0655. The van der Waals surface area contributed by atoms with E-state index in [2.05, 4.69) is 10.3 Å². The fourth-order valence-electron chi connectivity index (χ4n) is 1.53. The molecule has 14 heavy (non-hydrogen) atoms. The average Bonchev–Trinajstić information content (AvgIpc) is 2.37. The Labute approximate surface area is 82.3 Å². The van der Waals surface area contributed by atoms with E-state index in [1.165, 1.54) is 0 Å². The topological polar surface area (TPSA) is 51.2 Å². The van der Waals surface area contributed by atoms with Crippen LogP contribution in [0.5, 0.6) is 5.88 Å². The Morgan fingerprint density at radius 2 is 2.29 bits per heavy atom. The molecular formula is C10H12N2O2. The number of hydrogen-bond donors (Lipinski definition) is 1. The highest BCUT2D eigenvalue weighted by Gasteiger charge is 2.13. The van der Waals surface area contributed by atoms with Crippen LogP contribution in [0.4, 0.5) is 5.69 Å². The van der Waals surface area contributed by atoms with E-state index in [0.29, 0.717) is 12.3 Å². The molecule has 0 atom stereocenters. The van der Waals surface area contributed by atoms with Crippen LogP contribution in [-0.4, -0.2) is 18.0 Å². The van der Waals surface area contributed by atoms with Crippen molar-refractivity contribution in [1.29, 1.82) is 0 Å². The number of amides is 1. The third-order valence-electron chi connectivity index (χ3n) is 2.25. The second kappa shape index (κ2) is 3.65. The van der Waals surface area contributed by atoms with Gasteiger partial charge in [-0.3, -0.25) is 4.79 Å². The van der Waals surface area contributed by atoms with Crippen LogP contribution in [0.1, 0.15) is 18.5 Å². The summed E-state index contributed by atoms with van der Waals surface area (Å²) in [6, 6.07) is 3.59. The summed E-state index contributed by atoms with van der Waals surface area (Å²) in [6.07, 6.45) is 2.24. The zero-order valence-electron chi connectivity index (χ0n) is 8.04. The van der Waals surface area contributed by atoms with Gasteiger partial charge in [0.2, 0.25) is 11.8 Å². The molecule has 0 aromatic carbocycles. The second-order valence-electron chi connectivity index (χ2n) is 3.25. The molecule has 1 amide bonds. The van der Waals surface area contributed by atoms with Crippen LogP contribution in [0.25, 0.3) is 0 Å². The molecule has 0 spiro atoms. The van der Waals surface area contributed by atoms with Crippen LogP contribution < -0.4 is 10.1 Å². The summed E-state index contributed by atoms with van der Waals surface area (Å²) in [5, 5.41) is 2.82. The normalized spacial score (nSPS) is 15.4. The van der Waals surface area contributed by atoms with E-state index in [1.54, 1.807) is 13.2 Å². The molecule has 4 heteroatoms. The van der Waals surface area contributed by atoms with Crippen LogP contribution in [0.2, 0.25) is 0 Å². The minimum Gasteiger partial charge on any atom is -0.481 e. The van der Waals surface area contributed by atoms with Crippen LogP contribution in [-0.2, 0) is 11.2 Å². The quantitative estimate of drug-likeness (QED) is 0.731. The van der Waals surface area contributed by atoms with Gasteiger partial charge in [0.1, 0.15) is 0 Å². The lowest BCUT2D eigenvalue weighted by molar-refractivity contribution is -0.116. The molecule has 1 aliphatic heterocycles. The number of rotatable bonds is 1. The Morgan fingerprint density at radius 1 is 1.43 bits per heavy atom. The number of aromatic nitrogens is 1. The number of anilines is 1. The summed E-state index contributed by atoms with van der Waals surface area (Å²) >= 11 is 0. The first-order valence-electron chi connectivity index (χ1n) is 4.63. The molecule has 74 valence electrons. The number of pyridine rings is 1. The number of nitrogens with one attached hydrogen (secondary N) is 1. The number of carbonyl (C=O) groups excluding carboxylic acids is 1. The summed E-state index contributed by atoms with van der Waals surface area (Å²) in [6.45, 7) is 0. The summed E-state index contributed by atoms with van der Waals surface area (Å²) in [7, 11) is 1.59. The van der Waals surface area contributed by atoms with Crippen molar-refractivity contribution in [3.05, 3.63) is 17.8 Å². The maximum atomic E-state index is 11.2. The smallest absolute Gasteiger partial charge is 0.224 e. The zero-order valence-corrected chi connectivity index (χ0v) is 8.04. The molecule has 2 heterocycles. The first-order chi connectivity index (χ1) is 6.79. The van der Waals surface area contributed by atoms with E-state index in [4.69, 9.17) is 4.74 Å². The standard InChI is InChI=1S/C10H12N2O2/c1-14-10-6-5-8-7(12-10)3-2-4-9(13)11-8/h5-6H,2-4H2,1H3,(H,11,13). The maximum absolute atomic E-state index is 11.2. The first kappa shape index (κ1) is 8.99. The molecule has 0 radical (unpaired) electrons. The molecule has 2 rings (SSSR count). The number of fused-ring (bicyclic) bond motifs is 1. The number of hydrogen-bond acceptors (Lipinski definition) is 3. The van der Waals surface area contributed by atoms with Crippen LogP contribution in [0, 0.1) is 0 Å². The van der Waals surface area contributed by atoms with Gasteiger partial charge < -0.3 is 10.1 Å². The Hall–Kier alpha value is -1.58. The lowest BCUT2D eigenvalue weighted by atomic mass is 10.2. The zero-order chi connectivity index (χ0) is 9.97. The molecule has 4 nitrogen and oxygen atoms in total. The number of nitrogens with zero attached hydrogens (tertiary/aromatic N) is 1. The van der Waals surface area contributed by atoms with E-state index < -0.39 is 0 Å². The highest BCUT2D eigenvalue weighted by Crippen LogP contribution is 2.22. The second-order valence-corrected chi connectivity index (χ2v) is 3.25. The lowest BCUT2D eigenvalue weighted by Gasteiger charge is -2.06. The fourth-order valence-corrected chi connectivity index (χ4v) is 1.53. The van der Waals surface area contributed by atoms with Gasteiger partial charge in [0, 0.05) is 12.5 Å². The van der Waals surface area contributed by atoms with Gasteiger partial charge in [-0.15, -0.1) is 0 Å². The monoisotopic (exact) mass is 192 g/mol. The molecule has 0 saturated carbocycles. The molecular weight excluding hydrogens is 180 g/mol. The molecule has 1 N–H and O–H groups in total. The van der Waals surface area contributed by atoms with Crippen molar-refractivity contribution in [2.45, 2.75) is 19.3 Å². The van der Waals surface area contributed by atoms with Gasteiger partial charge in [0.25, 0.3) is 0 Å². The van der Waals surface area contributed by atoms with Crippen molar-refractivity contribution in [1.82, 2.24) is 4.98 Å². The summed E-state index contributed by atoms with van der Waals surface area (Å²) in [5.41, 5.74) is 1.73. The van der Waals surface area contributed by atoms with Crippen LogP contribution in [0.15, 0.2) is 12.1 Å². The fraction of sp³-hybridized carbons (Fsp3) is 0.400. The van der Waals surface area contributed by atoms with E-state index in [1.807, 2.05) is 6.07 Å². The van der Waals surface area contributed by atoms with Crippen molar-refractivity contribution < 1.29 is 9.53 Å². The number of ether oxygens (including phenoxy) is 1. The van der Waals surface area contributed by atoms with Gasteiger partial charge in [-0.1, -0.05) is 0 Å². The van der Waals surface area contributed by atoms with Crippen LogP contribution >= 0.6 is 0 Å². The van der Waals surface area contributed by atoms with Gasteiger partial charge >= 0.3 is 0 Å². The molecule has 0 bridgehead atoms. The molecule has 0 aliphatic carbocycles. The number of carbonyl (C=O) groups is 1. The SMILES string of the molecule is COc1ccc2c(n1)CCCC(=O)N2. The van der Waals surface area contributed by atoms with Gasteiger partial charge in [-0.2, -0.15) is 0 Å². The van der Waals surface area contributed by atoms with Crippen LogP contribution in [0.3, 0.4) is 0 Å². The van der Waals surface area contributed by atoms with Crippen molar-refractivity contribution >= 4 is 11.6 Å². The highest BCUT2D eigenvalue weighted by atomic mass is 16.5. The number of methoxy groups -OCH3 is 1. The summed E-state index contributed by atoms with van der Waals surface area (Å²) in [5.74, 6) is 0.663. The predicted octanol–water partition coefficient (Wildman–Crippen LogP) is 1.36. The first-order valence-corrected chi connectivity index (χ1v) is 4.63. The molecule has 0 saturated heterocycles. The average molecular weight is 192 g/mol. The largest absolute Gasteiger partial charge is 0.481 e. The van der Waals surface area contributed by atoms with E-state index >= 15 is 0 Å². The maximum Gasteiger partial charge on any atom is 0.224 e. The Balaban J connectivity index is 2.35. The Morgan fingerprint density at radius 3 is 3.07 bits per heavy atom. The van der Waals surface area contributed by atoms with Crippen molar-refractivity contribution in [3.8, 4) is 5.88 Å². The van der Waals surface area contributed by atoms with Gasteiger partial charge in [-0.05, 0) is 18.9 Å². The van der Waals surface area contributed by atoms with Crippen molar-refractivity contribution in [2.24, 2.45) is 0 Å². The summed E-state index contributed by atoms with van der Waals surface area (Å²) in [4.78, 5) is 15.5. The highest BCUT2D eigenvalue weighted by molar-refractivity contribution is 5.91. The molecule has 1 aromatic rings. The van der Waals surface area contributed by atoms with E-state index in [9.17, 15) is 4.79 Å². The Kier molecular flexibility index (Phi) is 2.35. The van der Waals surface area contributed by atoms with Crippen molar-refractivity contribution in [3.63, 3.8) is 0 Å². The van der Waals surface area contributed by atoms with E-state index in [0.717, 1.165) is 24.2 Å². The van der Waals surface area contributed by atoms with Gasteiger partial charge in [0.05, 0.1) is 18.5 Å². The number of aryl methyl sites for hydroxylation is 1. The van der Waals surface area contributed by atoms with E-state index in [-0.39, 0.29) is 5.91 Å². The predicted molar refractivity (Wildman–Crippen MR) is 52.4 cm³/mol. The molecule has 1 aliphatic rings. The molecule has 0 fully saturated rings. The molecule has 1 aromatic heterocycles. The minimum absolute atomic E-state index is 0.0655. The third-order valence-corrected chi connectivity index (χ3v) is 2.25. The van der Waals surface area contributed by atoms with Gasteiger partial charge in [-0.25, -0.2) is 4.98 Å². The lowest BCUT2D eigenvalue weighted by Crippen LogP contribution is -2.09. The third kappa shape index (κ3) is 1.69. The van der Waals surface area contributed by atoms with Gasteiger partial charge in [0.15, 0.2) is 0 Å². The Bertz CT molecular complexity index is 363. The summed E-state index contributed by atoms with van der Waals surface area (Å²) < 4.78 is 5.02. The van der Waals surface area contributed by atoms with Crippen molar-refractivity contribution in [2.75, 3.05) is 12.4 Å².